The third-order valence-corrected chi connectivity index (χ3v) is 0.768. The van der Waals surface area contributed by atoms with Crippen molar-refractivity contribution in [1.82, 2.24) is 0 Å². The maximum absolute atomic E-state index is 3.86. The van der Waals surface area contributed by atoms with Crippen molar-refractivity contribution < 1.29 is 0 Å². The molecule has 0 rings (SSSR count). The van der Waals surface area contributed by atoms with Gasteiger partial charge in [0.05, 0.1) is 0 Å². The molecule has 0 heterocycles. The van der Waals surface area contributed by atoms with Crippen LogP contribution in [0, 0.1) is 11.0 Å². The van der Waals surface area contributed by atoms with Gasteiger partial charge in [0.2, 0.25) is 0 Å². The molecule has 0 nitrogen and oxygen atoms in total. The van der Waals surface area contributed by atoms with Gasteiger partial charge in [0.15, 0.2) is 0 Å². The normalized spacial score (nSPS) is 10.6. The van der Waals surface area contributed by atoms with Gasteiger partial charge in [-0.3, -0.25) is 0 Å². The molecule has 0 radical (unpaired) electrons. The summed E-state index contributed by atoms with van der Waals surface area (Å²) in [6.45, 7) is 6.49. The molecule has 0 aliphatic carbocycles. The molecular formula is C6H11P. The molecule has 40 valence electrons. The summed E-state index contributed by atoms with van der Waals surface area (Å²) in [6.07, 6.45) is 0.954. The summed E-state index contributed by atoms with van der Waals surface area (Å²) in [5.74, 6) is 0. The second-order valence-corrected chi connectivity index (χ2v) is 3.21. The first-order chi connectivity index (χ1) is 3.06. The molecule has 0 aromatic rings. The van der Waals surface area contributed by atoms with Crippen molar-refractivity contribution in [2.45, 2.75) is 27.2 Å². The van der Waals surface area contributed by atoms with E-state index in [0.29, 0.717) is 5.41 Å². The molecule has 7 heavy (non-hydrogen) atoms. The van der Waals surface area contributed by atoms with Gasteiger partial charge >= 0.3 is 46.9 Å². The Labute approximate surface area is 47.8 Å². The molecule has 0 saturated heterocycles. The zero-order valence-electron chi connectivity index (χ0n) is 5.15. The molecule has 0 aromatic carbocycles. The summed E-state index contributed by atoms with van der Waals surface area (Å²) >= 11 is 0. The zero-order valence-corrected chi connectivity index (χ0v) is 6.05. The van der Waals surface area contributed by atoms with Crippen LogP contribution in [0.1, 0.15) is 27.2 Å². The molecule has 1 heteroatoms. The Bertz CT molecular complexity index is 81.3. The topological polar surface area (TPSA) is 0 Å². The van der Waals surface area contributed by atoms with E-state index in [2.05, 4.69) is 35.1 Å². The van der Waals surface area contributed by atoms with Gasteiger partial charge in [-0.15, -0.1) is 0 Å². The maximum atomic E-state index is 3.86. The van der Waals surface area contributed by atoms with Gasteiger partial charge in [-0.1, -0.05) is 0 Å². The van der Waals surface area contributed by atoms with E-state index >= 15 is 0 Å². The summed E-state index contributed by atoms with van der Waals surface area (Å²) in [4.78, 5) is 0. The van der Waals surface area contributed by atoms with Crippen molar-refractivity contribution in [1.29, 1.82) is 0 Å². The second kappa shape index (κ2) is 2.50. The van der Waals surface area contributed by atoms with Crippen LogP contribution in [0.4, 0.5) is 0 Å². The van der Waals surface area contributed by atoms with Crippen molar-refractivity contribution in [2.75, 3.05) is 0 Å². The van der Waals surface area contributed by atoms with Crippen LogP contribution in [0.5, 0.6) is 0 Å². The monoisotopic (exact) mass is 114 g/mol. The molecule has 0 saturated carbocycles. The van der Waals surface area contributed by atoms with Crippen LogP contribution in [-0.4, -0.2) is 0 Å². The third-order valence-electron chi connectivity index (χ3n) is 0.609. The Balaban J connectivity index is 3.40. The van der Waals surface area contributed by atoms with E-state index in [-0.39, 0.29) is 0 Å². The van der Waals surface area contributed by atoms with E-state index in [4.69, 9.17) is 0 Å². The van der Waals surface area contributed by atoms with Gasteiger partial charge in [0, 0.05) is 0 Å². The molecule has 0 bridgehead atoms. The van der Waals surface area contributed by atoms with Gasteiger partial charge < -0.3 is 0 Å². The zero-order chi connectivity index (χ0) is 5.91. The first-order valence-corrected chi connectivity index (χ1v) is 2.88. The average Bonchev–Trinajstić information content (AvgIpc) is 1.30. The fourth-order valence-electron chi connectivity index (χ4n) is 0.237. The van der Waals surface area contributed by atoms with E-state index in [9.17, 15) is 0 Å². The Morgan fingerprint density at radius 1 is 1.43 bits per heavy atom. The predicted octanol–water partition coefficient (Wildman–Crippen LogP) is 2.79. The first kappa shape index (κ1) is 7.21. The van der Waals surface area contributed by atoms with Crippen molar-refractivity contribution in [2.24, 2.45) is 5.41 Å². The molecular weight excluding hydrogens is 103 g/mol. The van der Waals surface area contributed by atoms with Crippen LogP contribution in [0.3, 0.4) is 0 Å². The Hall–Kier alpha value is 0.210. The van der Waals surface area contributed by atoms with Crippen LogP contribution in [0.2, 0.25) is 0 Å². The Morgan fingerprint density at radius 3 is 1.86 bits per heavy atom. The molecule has 0 fully saturated rings. The average molecular weight is 114 g/mol. The second-order valence-electron chi connectivity index (χ2n) is 2.90. The fraction of sp³-hybridized carbons (Fsp3) is 0.833. The predicted molar refractivity (Wildman–Crippen MR) is 34.9 cm³/mol. The summed E-state index contributed by atoms with van der Waals surface area (Å²) in [6, 6.07) is 0. The van der Waals surface area contributed by atoms with E-state index in [0.717, 1.165) is 6.42 Å². The molecule has 0 N–H and O–H groups in total. The standard InChI is InChI=1S/C6H11P/c1-6(2,3)4-5-7/h4H2,1-3H3. The van der Waals surface area contributed by atoms with E-state index < -0.39 is 0 Å². The first-order valence-electron chi connectivity index (χ1n) is 2.43. The summed E-state index contributed by atoms with van der Waals surface area (Å²) in [7, 11) is 3.86. The summed E-state index contributed by atoms with van der Waals surface area (Å²) < 4.78 is 0. The summed E-state index contributed by atoms with van der Waals surface area (Å²) in [5, 5.41) is 0. The van der Waals surface area contributed by atoms with Crippen molar-refractivity contribution in [3.63, 3.8) is 0 Å². The molecule has 0 spiro atoms. The Kier molecular flexibility index (Phi) is 2.58. The summed E-state index contributed by atoms with van der Waals surface area (Å²) in [5.41, 5.74) is 3.16. The molecule has 0 unspecified atom stereocenters. The van der Waals surface area contributed by atoms with Gasteiger partial charge in [-0.05, 0) is 0 Å². The van der Waals surface area contributed by atoms with Crippen LogP contribution >= 0.6 is 8.70 Å². The van der Waals surface area contributed by atoms with Gasteiger partial charge in [0.1, 0.15) is 0 Å². The number of hydrogen-bond donors (Lipinski definition) is 0. The SMILES string of the molecule is CC(C)(C)CC#P. The molecule has 0 atom stereocenters. The number of rotatable bonds is 0. The Morgan fingerprint density at radius 2 is 1.86 bits per heavy atom. The third kappa shape index (κ3) is 6.21. The van der Waals surface area contributed by atoms with Crippen molar-refractivity contribution in [3.05, 3.63) is 0 Å². The van der Waals surface area contributed by atoms with Crippen molar-refractivity contribution in [3.8, 4) is 5.63 Å². The van der Waals surface area contributed by atoms with Crippen LogP contribution in [0.15, 0.2) is 0 Å². The molecule has 0 aromatic heterocycles. The van der Waals surface area contributed by atoms with Crippen LogP contribution < -0.4 is 0 Å². The number of hydrogen-bond acceptors (Lipinski definition) is 0. The minimum absolute atomic E-state index is 0.363. The van der Waals surface area contributed by atoms with E-state index in [1.807, 2.05) is 0 Å². The minimum atomic E-state index is 0.363. The molecule has 0 aliphatic heterocycles. The van der Waals surface area contributed by atoms with E-state index in [1.54, 1.807) is 0 Å². The molecule has 0 aliphatic rings. The van der Waals surface area contributed by atoms with Gasteiger partial charge in [-0.25, -0.2) is 0 Å². The van der Waals surface area contributed by atoms with Crippen LogP contribution in [-0.2, 0) is 0 Å². The molecule has 0 amide bonds. The van der Waals surface area contributed by atoms with Crippen LogP contribution in [0.25, 0.3) is 0 Å². The fourth-order valence-corrected chi connectivity index (χ4v) is 0.712. The van der Waals surface area contributed by atoms with Gasteiger partial charge in [-0.2, -0.15) is 0 Å². The van der Waals surface area contributed by atoms with E-state index in [1.165, 1.54) is 0 Å². The van der Waals surface area contributed by atoms with Crippen molar-refractivity contribution >= 4 is 8.70 Å². The quantitative estimate of drug-likeness (QED) is 0.425. The van der Waals surface area contributed by atoms with Gasteiger partial charge in [0.25, 0.3) is 0 Å².